The van der Waals surface area contributed by atoms with E-state index >= 15 is 0 Å². The predicted molar refractivity (Wildman–Crippen MR) is 47.8 cm³/mol. The van der Waals surface area contributed by atoms with Gasteiger partial charge in [-0.15, -0.1) is 0 Å². The first-order chi connectivity index (χ1) is 5.65. The Hall–Kier alpha value is -0.790. The van der Waals surface area contributed by atoms with Gasteiger partial charge in [-0.3, -0.25) is 4.79 Å². The maximum Gasteiger partial charge on any atom is 0.307 e. The van der Waals surface area contributed by atoms with Crippen molar-refractivity contribution >= 4 is 5.97 Å². The molecule has 0 aliphatic heterocycles. The van der Waals surface area contributed by atoms with Gasteiger partial charge in [-0.25, -0.2) is 0 Å². The lowest BCUT2D eigenvalue weighted by Gasteiger charge is -2.09. The van der Waals surface area contributed by atoms with Crippen molar-refractivity contribution < 1.29 is 9.90 Å². The first kappa shape index (κ1) is 9.30. The van der Waals surface area contributed by atoms with Crippen LogP contribution in [0.4, 0.5) is 0 Å². The maximum atomic E-state index is 10.8. The Labute approximate surface area is 73.3 Å². The zero-order chi connectivity index (χ0) is 9.14. The fourth-order valence-electron chi connectivity index (χ4n) is 2.08. The molecule has 0 saturated heterocycles. The number of carbonyl (C=O) groups is 1. The Morgan fingerprint density at radius 1 is 1.50 bits per heavy atom. The van der Waals surface area contributed by atoms with Gasteiger partial charge in [0.15, 0.2) is 0 Å². The lowest BCUT2D eigenvalue weighted by Crippen LogP contribution is -2.16. The molecule has 68 valence electrons. The standard InChI is InChI=1S/C10H16O2/c1-3-4-8-5-7(2)6-9(8)10(11)12/h3-4,7-9H,5-6H2,1-2H3,(H,11,12). The van der Waals surface area contributed by atoms with E-state index in [1.54, 1.807) is 0 Å². The molecule has 12 heavy (non-hydrogen) atoms. The van der Waals surface area contributed by atoms with Crippen LogP contribution in [-0.2, 0) is 4.79 Å². The van der Waals surface area contributed by atoms with Crippen LogP contribution in [0.1, 0.15) is 26.7 Å². The molecule has 3 unspecified atom stereocenters. The van der Waals surface area contributed by atoms with Crippen molar-refractivity contribution in [2.45, 2.75) is 26.7 Å². The fourth-order valence-corrected chi connectivity index (χ4v) is 2.08. The molecule has 0 spiro atoms. The quantitative estimate of drug-likeness (QED) is 0.642. The van der Waals surface area contributed by atoms with Gasteiger partial charge in [0, 0.05) is 0 Å². The second kappa shape index (κ2) is 3.74. The molecular formula is C10H16O2. The highest BCUT2D eigenvalue weighted by molar-refractivity contribution is 5.71. The van der Waals surface area contributed by atoms with Crippen LogP contribution in [0.2, 0.25) is 0 Å². The number of hydrogen-bond acceptors (Lipinski definition) is 1. The molecule has 0 aromatic carbocycles. The number of rotatable bonds is 2. The molecule has 1 rings (SSSR count). The average Bonchev–Trinajstić information content (AvgIpc) is 2.32. The van der Waals surface area contributed by atoms with Crippen LogP contribution in [0.5, 0.6) is 0 Å². The number of aliphatic carboxylic acids is 1. The first-order valence-electron chi connectivity index (χ1n) is 4.50. The zero-order valence-electron chi connectivity index (χ0n) is 7.66. The van der Waals surface area contributed by atoms with Gasteiger partial charge < -0.3 is 5.11 Å². The van der Waals surface area contributed by atoms with Gasteiger partial charge in [0.25, 0.3) is 0 Å². The average molecular weight is 168 g/mol. The van der Waals surface area contributed by atoms with Gasteiger partial charge in [0.2, 0.25) is 0 Å². The minimum Gasteiger partial charge on any atom is -0.481 e. The highest BCUT2D eigenvalue weighted by Gasteiger charge is 2.34. The number of allylic oxidation sites excluding steroid dienone is 2. The molecule has 0 aromatic heterocycles. The maximum absolute atomic E-state index is 10.8. The van der Waals surface area contributed by atoms with Crippen molar-refractivity contribution in [3.8, 4) is 0 Å². The molecule has 1 N–H and O–H groups in total. The summed E-state index contributed by atoms with van der Waals surface area (Å²) in [5.74, 6) is 0.0495. The first-order valence-corrected chi connectivity index (χ1v) is 4.50. The van der Waals surface area contributed by atoms with E-state index < -0.39 is 5.97 Å². The van der Waals surface area contributed by atoms with Gasteiger partial charge in [-0.05, 0) is 31.6 Å². The van der Waals surface area contributed by atoms with E-state index in [0.29, 0.717) is 5.92 Å². The topological polar surface area (TPSA) is 37.3 Å². The van der Waals surface area contributed by atoms with Crippen LogP contribution in [0.15, 0.2) is 12.2 Å². The van der Waals surface area contributed by atoms with E-state index in [1.165, 1.54) is 0 Å². The molecule has 0 amide bonds. The van der Waals surface area contributed by atoms with Crippen molar-refractivity contribution in [3.05, 3.63) is 12.2 Å². The molecule has 2 nitrogen and oxygen atoms in total. The summed E-state index contributed by atoms with van der Waals surface area (Å²) in [5, 5.41) is 8.89. The van der Waals surface area contributed by atoms with Gasteiger partial charge in [-0.1, -0.05) is 19.1 Å². The summed E-state index contributed by atoms with van der Waals surface area (Å²) in [6, 6.07) is 0. The van der Waals surface area contributed by atoms with E-state index in [-0.39, 0.29) is 11.8 Å². The van der Waals surface area contributed by atoms with Crippen molar-refractivity contribution in [1.29, 1.82) is 0 Å². The third-order valence-corrected chi connectivity index (χ3v) is 2.60. The van der Waals surface area contributed by atoms with Gasteiger partial charge in [-0.2, -0.15) is 0 Å². The highest BCUT2D eigenvalue weighted by atomic mass is 16.4. The summed E-state index contributed by atoms with van der Waals surface area (Å²) >= 11 is 0. The van der Waals surface area contributed by atoms with Crippen molar-refractivity contribution in [3.63, 3.8) is 0 Å². The third kappa shape index (κ3) is 1.87. The third-order valence-electron chi connectivity index (χ3n) is 2.60. The van der Waals surface area contributed by atoms with Crippen molar-refractivity contribution in [2.24, 2.45) is 17.8 Å². The fraction of sp³-hybridized carbons (Fsp3) is 0.700. The Bertz CT molecular complexity index is 196. The zero-order valence-corrected chi connectivity index (χ0v) is 7.66. The predicted octanol–water partition coefficient (Wildman–Crippen LogP) is 2.31. The van der Waals surface area contributed by atoms with Crippen LogP contribution in [0.3, 0.4) is 0 Å². The smallest absolute Gasteiger partial charge is 0.307 e. The molecule has 0 radical (unpaired) electrons. The molecule has 1 aliphatic rings. The molecule has 1 fully saturated rings. The summed E-state index contributed by atoms with van der Waals surface area (Å²) in [6.45, 7) is 4.07. The molecule has 0 bridgehead atoms. The van der Waals surface area contributed by atoms with Gasteiger partial charge in [0.1, 0.15) is 0 Å². The van der Waals surface area contributed by atoms with Crippen LogP contribution in [0, 0.1) is 17.8 Å². The van der Waals surface area contributed by atoms with E-state index in [9.17, 15) is 4.79 Å². The lowest BCUT2D eigenvalue weighted by atomic mass is 9.96. The molecule has 0 aromatic rings. The Morgan fingerprint density at radius 3 is 2.67 bits per heavy atom. The highest BCUT2D eigenvalue weighted by Crippen LogP contribution is 2.37. The minimum atomic E-state index is -0.637. The normalized spacial score (nSPS) is 36.0. The second-order valence-electron chi connectivity index (χ2n) is 3.71. The van der Waals surface area contributed by atoms with Crippen LogP contribution in [-0.4, -0.2) is 11.1 Å². The molecule has 2 heteroatoms. The lowest BCUT2D eigenvalue weighted by molar-refractivity contribution is -0.142. The van der Waals surface area contributed by atoms with Crippen molar-refractivity contribution in [1.82, 2.24) is 0 Å². The van der Waals surface area contributed by atoms with E-state index in [1.807, 2.05) is 19.1 Å². The van der Waals surface area contributed by atoms with Crippen LogP contribution in [0.25, 0.3) is 0 Å². The Kier molecular flexibility index (Phi) is 2.90. The van der Waals surface area contributed by atoms with E-state index in [4.69, 9.17) is 5.11 Å². The molecular weight excluding hydrogens is 152 g/mol. The summed E-state index contributed by atoms with van der Waals surface area (Å²) < 4.78 is 0. The number of hydrogen-bond donors (Lipinski definition) is 1. The molecule has 3 atom stereocenters. The van der Waals surface area contributed by atoms with Gasteiger partial charge >= 0.3 is 5.97 Å². The van der Waals surface area contributed by atoms with Crippen molar-refractivity contribution in [2.75, 3.05) is 0 Å². The van der Waals surface area contributed by atoms with E-state index in [0.717, 1.165) is 12.8 Å². The second-order valence-corrected chi connectivity index (χ2v) is 3.71. The van der Waals surface area contributed by atoms with E-state index in [2.05, 4.69) is 6.92 Å². The summed E-state index contributed by atoms with van der Waals surface area (Å²) in [4.78, 5) is 10.8. The summed E-state index contributed by atoms with van der Waals surface area (Å²) in [7, 11) is 0. The molecule has 1 aliphatic carbocycles. The molecule has 0 heterocycles. The largest absolute Gasteiger partial charge is 0.481 e. The summed E-state index contributed by atoms with van der Waals surface area (Å²) in [6.07, 6.45) is 5.85. The Balaban J connectivity index is 2.65. The number of carboxylic acids is 1. The SMILES string of the molecule is CC=CC1CC(C)CC1C(=O)O. The van der Waals surface area contributed by atoms with Gasteiger partial charge in [0.05, 0.1) is 5.92 Å². The van der Waals surface area contributed by atoms with Crippen LogP contribution < -0.4 is 0 Å². The monoisotopic (exact) mass is 168 g/mol. The Morgan fingerprint density at radius 2 is 2.17 bits per heavy atom. The number of carboxylic acid groups (broad SMARTS) is 1. The minimum absolute atomic E-state index is 0.142. The summed E-state index contributed by atoms with van der Waals surface area (Å²) in [5.41, 5.74) is 0. The molecule has 1 saturated carbocycles. The van der Waals surface area contributed by atoms with Crippen LogP contribution >= 0.6 is 0 Å².